The average molecular weight is 570 g/mol. The number of hydrogen-bond acceptors (Lipinski definition) is 7. The highest BCUT2D eigenvalue weighted by Gasteiger charge is 2.54. The third kappa shape index (κ3) is 5.74. The lowest BCUT2D eigenvalue weighted by molar-refractivity contribution is -0.145. The normalized spacial score (nSPS) is 23.1. The number of nitriles is 1. The number of nitrogens with one attached hydrogen (secondary N) is 2. The maximum atomic E-state index is 15.3. The van der Waals surface area contributed by atoms with E-state index in [2.05, 4.69) is 15.6 Å². The summed E-state index contributed by atoms with van der Waals surface area (Å²) in [5, 5.41) is 25.3. The van der Waals surface area contributed by atoms with Crippen molar-refractivity contribution in [3.63, 3.8) is 0 Å². The Kier molecular flexibility index (Phi) is 8.33. The van der Waals surface area contributed by atoms with Crippen LogP contribution in [0.3, 0.4) is 0 Å². The monoisotopic (exact) mass is 569 g/mol. The van der Waals surface area contributed by atoms with Crippen molar-refractivity contribution in [2.75, 3.05) is 6.54 Å². The van der Waals surface area contributed by atoms with E-state index < -0.39 is 59.0 Å². The number of aryl methyl sites for hydroxylation is 1. The molecule has 1 aromatic carbocycles. The third-order valence-electron chi connectivity index (χ3n) is 7.77. The number of likely N-dealkylation sites (tertiary alicyclic amines) is 1. The van der Waals surface area contributed by atoms with Gasteiger partial charge in [0.25, 0.3) is 0 Å². The Bertz CT molecular complexity index is 1310. The van der Waals surface area contributed by atoms with Crippen LogP contribution in [0.5, 0.6) is 0 Å². The van der Waals surface area contributed by atoms with Gasteiger partial charge in [-0.05, 0) is 42.7 Å². The first-order valence-electron chi connectivity index (χ1n) is 13.5. The van der Waals surface area contributed by atoms with E-state index in [1.807, 2.05) is 44.2 Å². The highest BCUT2D eigenvalue weighted by Crippen LogP contribution is 2.45. The summed E-state index contributed by atoms with van der Waals surface area (Å²) >= 11 is 1.54. The molecule has 0 unspecified atom stereocenters. The number of aliphatic hydroxyl groups is 1. The minimum atomic E-state index is -2.00. The van der Waals surface area contributed by atoms with Crippen LogP contribution in [0.4, 0.5) is 4.39 Å². The molecular formula is C29H36FN5O4S. The lowest BCUT2D eigenvalue weighted by Gasteiger charge is -2.36. The molecule has 214 valence electrons. The Morgan fingerprint density at radius 2 is 1.90 bits per heavy atom. The number of hydrogen-bond donors (Lipinski definition) is 3. The minimum absolute atomic E-state index is 0.385. The van der Waals surface area contributed by atoms with Crippen LogP contribution in [0.2, 0.25) is 0 Å². The Labute approximate surface area is 237 Å². The molecular weight excluding hydrogens is 533 g/mol. The smallest absolute Gasteiger partial charge is 0.246 e. The van der Waals surface area contributed by atoms with E-state index in [1.165, 1.54) is 0 Å². The SMILES string of the molecule is CC[C@H](NC(=O)[C@@H]1[C@@H](F)[C@@H](O)CN1C(=O)[C@@H](NC(=O)C1(C#N)CC1)C(C)(C)C)c1ccc(-c2scnc2C)cc1. The molecule has 5 atom stereocenters. The number of amides is 3. The van der Waals surface area contributed by atoms with Crippen LogP contribution >= 0.6 is 11.3 Å². The maximum Gasteiger partial charge on any atom is 0.246 e. The third-order valence-corrected chi connectivity index (χ3v) is 8.75. The fraction of sp³-hybridized carbons (Fsp3) is 0.552. The summed E-state index contributed by atoms with van der Waals surface area (Å²) in [5.74, 6) is -1.95. The second-order valence-electron chi connectivity index (χ2n) is 11.8. The molecule has 2 aliphatic rings. The van der Waals surface area contributed by atoms with Crippen molar-refractivity contribution in [3.05, 3.63) is 41.0 Å². The molecule has 40 heavy (non-hydrogen) atoms. The lowest BCUT2D eigenvalue weighted by atomic mass is 9.85. The number of thiazole rings is 1. The number of carbonyl (C=O) groups is 3. The highest BCUT2D eigenvalue weighted by atomic mass is 32.1. The number of halogens is 1. The van der Waals surface area contributed by atoms with Gasteiger partial charge in [-0.15, -0.1) is 11.3 Å². The fourth-order valence-corrected chi connectivity index (χ4v) is 5.85. The second kappa shape index (κ2) is 11.3. The molecule has 9 nitrogen and oxygen atoms in total. The molecule has 2 aromatic rings. The molecule has 0 bridgehead atoms. The molecule has 0 spiro atoms. The zero-order valence-corrected chi connectivity index (χ0v) is 24.2. The van der Waals surface area contributed by atoms with Gasteiger partial charge in [0, 0.05) is 0 Å². The lowest BCUT2D eigenvalue weighted by Crippen LogP contribution is -2.59. The molecule has 2 fully saturated rings. The van der Waals surface area contributed by atoms with Crippen LogP contribution < -0.4 is 10.6 Å². The summed E-state index contributed by atoms with van der Waals surface area (Å²) in [6, 6.07) is 6.57. The number of nitrogens with zero attached hydrogens (tertiary/aromatic N) is 3. The summed E-state index contributed by atoms with van der Waals surface area (Å²) in [7, 11) is 0. The first-order valence-corrected chi connectivity index (χ1v) is 14.4. The van der Waals surface area contributed by atoms with E-state index in [0.29, 0.717) is 19.3 Å². The standard InChI is InChI=1S/C29H36FN5O4S/c1-6-19(17-7-9-18(10-8-17)23-16(2)32-15-40-23)33-25(37)22-21(30)20(36)13-35(22)26(38)24(28(3,4)5)34-27(39)29(14-31)11-12-29/h7-10,15,19-22,24,36H,6,11-13H2,1-5H3,(H,33,37)(H,34,39)/t19-,20-,21-,22-,24+/m0/s1. The van der Waals surface area contributed by atoms with Crippen LogP contribution in [0, 0.1) is 29.1 Å². The van der Waals surface area contributed by atoms with Crippen molar-refractivity contribution < 1.29 is 23.9 Å². The van der Waals surface area contributed by atoms with Gasteiger partial charge in [0.15, 0.2) is 6.17 Å². The fourth-order valence-electron chi connectivity index (χ4n) is 5.03. The summed E-state index contributed by atoms with van der Waals surface area (Å²) in [6.45, 7) is 8.65. The molecule has 1 aliphatic heterocycles. The van der Waals surface area contributed by atoms with E-state index in [4.69, 9.17) is 0 Å². The predicted molar refractivity (Wildman–Crippen MR) is 149 cm³/mol. The van der Waals surface area contributed by atoms with Gasteiger partial charge in [-0.25, -0.2) is 9.37 Å². The number of benzene rings is 1. The van der Waals surface area contributed by atoms with Crippen molar-refractivity contribution in [1.29, 1.82) is 5.26 Å². The van der Waals surface area contributed by atoms with Gasteiger partial charge in [-0.1, -0.05) is 52.0 Å². The van der Waals surface area contributed by atoms with Gasteiger partial charge in [0.2, 0.25) is 17.7 Å². The Morgan fingerprint density at radius 1 is 1.25 bits per heavy atom. The quantitative estimate of drug-likeness (QED) is 0.446. The van der Waals surface area contributed by atoms with Crippen molar-refractivity contribution in [3.8, 4) is 16.5 Å². The van der Waals surface area contributed by atoms with Gasteiger partial charge in [0.05, 0.1) is 34.7 Å². The Balaban J connectivity index is 1.53. The van der Waals surface area contributed by atoms with Crippen molar-refractivity contribution >= 4 is 29.1 Å². The molecule has 3 N–H and O–H groups in total. The molecule has 1 saturated heterocycles. The summed E-state index contributed by atoms with van der Waals surface area (Å²) in [5.41, 5.74) is 2.58. The van der Waals surface area contributed by atoms with Gasteiger partial charge >= 0.3 is 0 Å². The van der Waals surface area contributed by atoms with Crippen molar-refractivity contribution in [2.45, 2.75) is 84.3 Å². The van der Waals surface area contributed by atoms with E-state index in [0.717, 1.165) is 26.6 Å². The molecule has 1 saturated carbocycles. The number of carbonyl (C=O) groups excluding carboxylic acids is 3. The zero-order valence-electron chi connectivity index (χ0n) is 23.4. The Hall–Kier alpha value is -3.36. The average Bonchev–Trinajstić information content (AvgIpc) is 3.52. The number of aromatic nitrogens is 1. The maximum absolute atomic E-state index is 15.3. The molecule has 1 aliphatic carbocycles. The molecule has 3 amide bonds. The Morgan fingerprint density at radius 3 is 2.40 bits per heavy atom. The molecule has 0 radical (unpaired) electrons. The second-order valence-corrected chi connectivity index (χ2v) is 12.6. The van der Waals surface area contributed by atoms with Gasteiger partial charge in [0.1, 0.15) is 23.6 Å². The van der Waals surface area contributed by atoms with E-state index in [9.17, 15) is 24.8 Å². The van der Waals surface area contributed by atoms with Crippen molar-refractivity contribution in [1.82, 2.24) is 20.5 Å². The van der Waals surface area contributed by atoms with Crippen LogP contribution in [0.25, 0.3) is 10.4 Å². The molecule has 4 rings (SSSR count). The number of rotatable bonds is 8. The molecule has 1 aromatic heterocycles. The van der Waals surface area contributed by atoms with Gasteiger partial charge in [-0.3, -0.25) is 14.4 Å². The van der Waals surface area contributed by atoms with Crippen LogP contribution in [0.15, 0.2) is 29.8 Å². The summed E-state index contributed by atoms with van der Waals surface area (Å²) in [4.78, 5) is 46.4. The van der Waals surface area contributed by atoms with E-state index >= 15 is 4.39 Å². The van der Waals surface area contributed by atoms with Crippen LogP contribution in [-0.4, -0.2) is 63.6 Å². The first-order chi connectivity index (χ1) is 18.8. The topological polar surface area (TPSA) is 135 Å². The summed E-state index contributed by atoms with van der Waals surface area (Å²) < 4.78 is 15.3. The van der Waals surface area contributed by atoms with Crippen LogP contribution in [-0.2, 0) is 14.4 Å². The zero-order chi connectivity index (χ0) is 29.4. The van der Waals surface area contributed by atoms with E-state index in [-0.39, 0.29) is 6.54 Å². The minimum Gasteiger partial charge on any atom is -0.388 e. The summed E-state index contributed by atoms with van der Waals surface area (Å²) in [6.07, 6.45) is -2.22. The predicted octanol–water partition coefficient (Wildman–Crippen LogP) is 3.43. The number of alkyl halides is 1. The van der Waals surface area contributed by atoms with Crippen LogP contribution in [0.1, 0.15) is 64.3 Å². The molecule has 2 heterocycles. The highest BCUT2D eigenvalue weighted by molar-refractivity contribution is 7.13. The van der Waals surface area contributed by atoms with Gasteiger partial charge < -0.3 is 20.6 Å². The van der Waals surface area contributed by atoms with Crippen molar-refractivity contribution in [2.24, 2.45) is 10.8 Å². The van der Waals surface area contributed by atoms with E-state index in [1.54, 1.807) is 37.6 Å². The number of aliphatic hydroxyl groups excluding tert-OH is 1. The molecule has 11 heteroatoms. The number of β-amino-alcohol motifs (C(OH)–C–C–N with tert-alkyl or cyclic N) is 1. The largest absolute Gasteiger partial charge is 0.388 e. The first kappa shape index (κ1) is 29.6. The van der Waals surface area contributed by atoms with Gasteiger partial charge in [-0.2, -0.15) is 5.26 Å².